The number of nitrogens with one attached hydrogen (secondary N) is 2. The van der Waals surface area contributed by atoms with Crippen molar-refractivity contribution in [3.8, 4) is 0 Å². The Balaban J connectivity index is 2.50. The van der Waals surface area contributed by atoms with Crippen molar-refractivity contribution in [1.82, 2.24) is 10.6 Å². The molecular weight excluding hydrogens is 288 g/mol. The minimum atomic E-state index is -0.246. The van der Waals surface area contributed by atoms with E-state index in [-0.39, 0.29) is 24.1 Å². The lowest BCUT2D eigenvalue weighted by atomic mass is 9.84. The van der Waals surface area contributed by atoms with Crippen molar-refractivity contribution < 1.29 is 9.90 Å². The van der Waals surface area contributed by atoms with Gasteiger partial charge in [-0.2, -0.15) is 0 Å². The zero-order valence-electron chi connectivity index (χ0n) is 12.9. The second-order valence-corrected chi connectivity index (χ2v) is 6.36. The zero-order chi connectivity index (χ0) is 15.9. The molecule has 2 amide bonds. The minimum Gasteiger partial charge on any atom is -0.396 e. The van der Waals surface area contributed by atoms with Gasteiger partial charge in [-0.15, -0.1) is 0 Å². The smallest absolute Gasteiger partial charge is 0.315 e. The van der Waals surface area contributed by atoms with Gasteiger partial charge >= 0.3 is 6.03 Å². The first-order valence-electron chi connectivity index (χ1n) is 7.27. The van der Waals surface area contributed by atoms with Gasteiger partial charge in [0, 0.05) is 29.6 Å². The SMILES string of the molecule is CC(CCCO)NC(=O)NCC(C)(C)c1ccccc1Cl. The molecule has 21 heavy (non-hydrogen) atoms. The van der Waals surface area contributed by atoms with Crippen molar-refractivity contribution in [3.05, 3.63) is 34.9 Å². The molecule has 0 fully saturated rings. The van der Waals surface area contributed by atoms with Crippen LogP contribution in [0.15, 0.2) is 24.3 Å². The molecule has 0 spiro atoms. The number of aliphatic hydroxyl groups excluding tert-OH is 1. The highest BCUT2D eigenvalue weighted by molar-refractivity contribution is 6.31. The second kappa shape index (κ2) is 8.25. The van der Waals surface area contributed by atoms with Crippen molar-refractivity contribution in [2.75, 3.05) is 13.2 Å². The highest BCUT2D eigenvalue weighted by Gasteiger charge is 2.23. The summed E-state index contributed by atoms with van der Waals surface area (Å²) in [5, 5.41) is 15.2. The molecule has 1 aromatic carbocycles. The van der Waals surface area contributed by atoms with E-state index in [1.807, 2.05) is 45.0 Å². The first-order chi connectivity index (χ1) is 9.86. The Hall–Kier alpha value is -1.26. The predicted molar refractivity (Wildman–Crippen MR) is 86.8 cm³/mol. The average molecular weight is 313 g/mol. The van der Waals surface area contributed by atoms with Crippen LogP contribution in [0, 0.1) is 0 Å². The molecule has 118 valence electrons. The molecule has 1 rings (SSSR count). The fraction of sp³-hybridized carbons (Fsp3) is 0.562. The quantitative estimate of drug-likeness (QED) is 0.724. The van der Waals surface area contributed by atoms with Gasteiger partial charge in [0.25, 0.3) is 0 Å². The molecule has 4 nitrogen and oxygen atoms in total. The summed E-state index contributed by atoms with van der Waals surface area (Å²) < 4.78 is 0. The molecule has 1 aromatic rings. The van der Waals surface area contributed by atoms with Crippen LogP contribution in [-0.4, -0.2) is 30.3 Å². The molecule has 0 saturated carbocycles. The maximum absolute atomic E-state index is 11.9. The van der Waals surface area contributed by atoms with Gasteiger partial charge in [0.15, 0.2) is 0 Å². The Morgan fingerprint density at radius 2 is 2.05 bits per heavy atom. The number of hydrogen-bond acceptors (Lipinski definition) is 2. The Labute approximate surface area is 131 Å². The topological polar surface area (TPSA) is 61.4 Å². The van der Waals surface area contributed by atoms with Crippen LogP contribution in [0.3, 0.4) is 0 Å². The van der Waals surface area contributed by atoms with E-state index in [1.165, 1.54) is 0 Å². The fourth-order valence-corrected chi connectivity index (χ4v) is 2.54. The molecule has 1 unspecified atom stereocenters. The van der Waals surface area contributed by atoms with Crippen molar-refractivity contribution in [1.29, 1.82) is 0 Å². The van der Waals surface area contributed by atoms with E-state index in [9.17, 15) is 4.79 Å². The van der Waals surface area contributed by atoms with Crippen molar-refractivity contribution in [2.45, 2.75) is 45.1 Å². The number of aliphatic hydroxyl groups is 1. The first-order valence-corrected chi connectivity index (χ1v) is 7.65. The summed E-state index contributed by atoms with van der Waals surface area (Å²) in [6, 6.07) is 7.52. The highest BCUT2D eigenvalue weighted by atomic mass is 35.5. The monoisotopic (exact) mass is 312 g/mol. The summed E-state index contributed by atoms with van der Waals surface area (Å²) >= 11 is 6.21. The number of halogens is 1. The molecule has 0 aliphatic carbocycles. The molecule has 0 radical (unpaired) electrons. The zero-order valence-corrected chi connectivity index (χ0v) is 13.7. The Morgan fingerprint density at radius 1 is 1.38 bits per heavy atom. The number of urea groups is 1. The second-order valence-electron chi connectivity index (χ2n) is 5.96. The van der Waals surface area contributed by atoms with Crippen LogP contribution in [0.5, 0.6) is 0 Å². The van der Waals surface area contributed by atoms with E-state index in [0.29, 0.717) is 18.0 Å². The Morgan fingerprint density at radius 3 is 2.67 bits per heavy atom. The van der Waals surface area contributed by atoms with E-state index >= 15 is 0 Å². The minimum absolute atomic E-state index is 0.0422. The fourth-order valence-electron chi connectivity index (χ4n) is 2.15. The molecule has 0 aliphatic heterocycles. The Kier molecular flexibility index (Phi) is 6.99. The predicted octanol–water partition coefficient (Wildman–Crippen LogP) is 3.08. The normalized spacial score (nSPS) is 12.8. The number of carbonyl (C=O) groups is 1. The maximum atomic E-state index is 11.9. The molecule has 0 aliphatic rings. The van der Waals surface area contributed by atoms with Crippen LogP contribution >= 0.6 is 11.6 Å². The number of amides is 2. The number of hydrogen-bond donors (Lipinski definition) is 3. The van der Waals surface area contributed by atoms with Crippen LogP contribution < -0.4 is 10.6 Å². The van der Waals surface area contributed by atoms with Gasteiger partial charge in [-0.05, 0) is 31.4 Å². The summed E-state index contributed by atoms with van der Waals surface area (Å²) in [4.78, 5) is 11.9. The summed E-state index contributed by atoms with van der Waals surface area (Å²) in [7, 11) is 0. The van der Waals surface area contributed by atoms with E-state index in [0.717, 1.165) is 12.0 Å². The van der Waals surface area contributed by atoms with Crippen LogP contribution in [0.2, 0.25) is 5.02 Å². The van der Waals surface area contributed by atoms with E-state index < -0.39 is 0 Å². The van der Waals surface area contributed by atoms with E-state index in [4.69, 9.17) is 16.7 Å². The largest absolute Gasteiger partial charge is 0.396 e. The molecule has 1 atom stereocenters. The van der Waals surface area contributed by atoms with Crippen molar-refractivity contribution in [2.24, 2.45) is 0 Å². The van der Waals surface area contributed by atoms with Gasteiger partial charge in [0.1, 0.15) is 0 Å². The van der Waals surface area contributed by atoms with E-state index in [2.05, 4.69) is 10.6 Å². The van der Waals surface area contributed by atoms with Crippen LogP contribution in [0.25, 0.3) is 0 Å². The van der Waals surface area contributed by atoms with Crippen LogP contribution in [-0.2, 0) is 5.41 Å². The molecular formula is C16H25ClN2O2. The molecule has 0 saturated heterocycles. The molecule has 0 aromatic heterocycles. The lowest BCUT2D eigenvalue weighted by molar-refractivity contribution is 0.232. The first kappa shape index (κ1) is 17.8. The molecule has 0 heterocycles. The summed E-state index contributed by atoms with van der Waals surface area (Å²) in [5.74, 6) is 0. The molecule has 3 N–H and O–H groups in total. The Bertz CT molecular complexity index is 463. The average Bonchev–Trinajstić information content (AvgIpc) is 2.43. The highest BCUT2D eigenvalue weighted by Crippen LogP contribution is 2.28. The van der Waals surface area contributed by atoms with E-state index in [1.54, 1.807) is 0 Å². The standard InChI is InChI=1S/C16H25ClN2O2/c1-12(7-6-10-20)19-15(21)18-11-16(2,3)13-8-4-5-9-14(13)17/h4-5,8-9,12,20H,6-7,10-11H2,1-3H3,(H2,18,19,21). The third-order valence-corrected chi connectivity index (χ3v) is 3.80. The van der Waals surface area contributed by atoms with Gasteiger partial charge in [-0.3, -0.25) is 0 Å². The van der Waals surface area contributed by atoms with Crippen LogP contribution in [0.4, 0.5) is 4.79 Å². The lowest BCUT2D eigenvalue weighted by Gasteiger charge is -2.27. The number of benzene rings is 1. The van der Waals surface area contributed by atoms with Gasteiger partial charge < -0.3 is 15.7 Å². The van der Waals surface area contributed by atoms with Crippen LogP contribution in [0.1, 0.15) is 39.2 Å². The van der Waals surface area contributed by atoms with Gasteiger partial charge in [0.2, 0.25) is 0 Å². The number of carbonyl (C=O) groups excluding carboxylic acids is 1. The third kappa shape index (κ3) is 5.94. The number of rotatable bonds is 7. The lowest BCUT2D eigenvalue weighted by Crippen LogP contribution is -2.45. The van der Waals surface area contributed by atoms with Crippen molar-refractivity contribution in [3.63, 3.8) is 0 Å². The summed E-state index contributed by atoms with van der Waals surface area (Å²) in [6.45, 7) is 6.66. The van der Waals surface area contributed by atoms with Gasteiger partial charge in [-0.25, -0.2) is 4.79 Å². The summed E-state index contributed by atoms with van der Waals surface area (Å²) in [5.41, 5.74) is 0.768. The molecule has 0 bridgehead atoms. The van der Waals surface area contributed by atoms with Gasteiger partial charge in [-0.1, -0.05) is 43.6 Å². The van der Waals surface area contributed by atoms with Crippen molar-refractivity contribution >= 4 is 17.6 Å². The third-order valence-electron chi connectivity index (χ3n) is 3.47. The maximum Gasteiger partial charge on any atom is 0.315 e. The van der Waals surface area contributed by atoms with Gasteiger partial charge in [0.05, 0.1) is 0 Å². The molecule has 5 heteroatoms. The summed E-state index contributed by atoms with van der Waals surface area (Å²) in [6.07, 6.45) is 1.45.